The number of hydrogen-bond donors (Lipinski definition) is 2. The fourth-order valence-electron chi connectivity index (χ4n) is 2.47. The number of nitrogens with two attached hydrogens (primary N) is 1. The van der Waals surface area contributed by atoms with Gasteiger partial charge in [0.15, 0.2) is 5.16 Å². The summed E-state index contributed by atoms with van der Waals surface area (Å²) in [6.07, 6.45) is 3.15. The van der Waals surface area contributed by atoms with Crippen molar-refractivity contribution in [1.82, 2.24) is 15.3 Å². The minimum absolute atomic E-state index is 0.0346. The first-order chi connectivity index (χ1) is 10.6. The van der Waals surface area contributed by atoms with Crippen LogP contribution in [0, 0.1) is 5.92 Å². The second kappa shape index (κ2) is 8.22. The molecule has 1 aromatic rings. The lowest BCUT2D eigenvalue weighted by Crippen LogP contribution is -2.32. The standard InChI is InChI=1S/C15H25N5OS/c1-3-5-8-22-15-18-12(16)9-13(19-15)20-7-6-11(10-20)14(21)17-4-2/h9,11H,3-8,10H2,1-2H3,(H,17,21)(H2,16,18,19)/t11-/m0/s1. The molecule has 2 rings (SSSR count). The summed E-state index contributed by atoms with van der Waals surface area (Å²) < 4.78 is 0. The van der Waals surface area contributed by atoms with E-state index in [1.54, 1.807) is 17.8 Å². The van der Waals surface area contributed by atoms with E-state index in [-0.39, 0.29) is 11.8 Å². The number of carbonyl (C=O) groups excluding carboxylic acids is 1. The minimum atomic E-state index is 0.0346. The Hall–Kier alpha value is -1.50. The third-order valence-corrected chi connectivity index (χ3v) is 4.61. The maximum Gasteiger partial charge on any atom is 0.224 e. The van der Waals surface area contributed by atoms with Gasteiger partial charge in [-0.05, 0) is 19.8 Å². The smallest absolute Gasteiger partial charge is 0.224 e. The Morgan fingerprint density at radius 3 is 3.05 bits per heavy atom. The summed E-state index contributed by atoms with van der Waals surface area (Å²) in [5, 5.41) is 3.62. The normalized spacial score (nSPS) is 17.7. The van der Waals surface area contributed by atoms with Crippen molar-refractivity contribution in [2.75, 3.05) is 36.0 Å². The van der Waals surface area contributed by atoms with Crippen molar-refractivity contribution in [2.45, 2.75) is 38.3 Å². The van der Waals surface area contributed by atoms with E-state index >= 15 is 0 Å². The largest absolute Gasteiger partial charge is 0.383 e. The fourth-order valence-corrected chi connectivity index (χ4v) is 3.41. The zero-order valence-corrected chi connectivity index (χ0v) is 14.2. The van der Waals surface area contributed by atoms with Crippen LogP contribution in [0.5, 0.6) is 0 Å². The van der Waals surface area contributed by atoms with Gasteiger partial charge in [0.2, 0.25) is 5.91 Å². The maximum absolute atomic E-state index is 11.9. The molecule has 22 heavy (non-hydrogen) atoms. The molecule has 1 aliphatic rings. The van der Waals surface area contributed by atoms with Crippen molar-refractivity contribution >= 4 is 29.3 Å². The Labute approximate surface area is 136 Å². The van der Waals surface area contributed by atoms with Crippen LogP contribution in [0.3, 0.4) is 0 Å². The van der Waals surface area contributed by atoms with Gasteiger partial charge in [-0.15, -0.1) is 0 Å². The molecule has 0 unspecified atom stereocenters. The van der Waals surface area contributed by atoms with Gasteiger partial charge in [0.05, 0.1) is 5.92 Å². The van der Waals surface area contributed by atoms with Gasteiger partial charge >= 0.3 is 0 Å². The summed E-state index contributed by atoms with van der Waals surface area (Å²) in [5.41, 5.74) is 5.90. The Bertz CT molecular complexity index is 511. The number of aromatic nitrogens is 2. The van der Waals surface area contributed by atoms with Gasteiger partial charge in [-0.2, -0.15) is 0 Å². The molecule has 1 fully saturated rings. The van der Waals surface area contributed by atoms with Crippen LogP contribution in [0.15, 0.2) is 11.2 Å². The van der Waals surface area contributed by atoms with Crippen molar-refractivity contribution in [2.24, 2.45) is 5.92 Å². The number of carbonyl (C=O) groups is 1. The third-order valence-electron chi connectivity index (χ3n) is 3.68. The minimum Gasteiger partial charge on any atom is -0.383 e. The fraction of sp³-hybridized carbons (Fsp3) is 0.667. The number of unbranched alkanes of at least 4 members (excludes halogenated alkanes) is 1. The van der Waals surface area contributed by atoms with Crippen LogP contribution in [-0.2, 0) is 4.79 Å². The van der Waals surface area contributed by atoms with Crippen LogP contribution in [0.2, 0.25) is 0 Å². The summed E-state index contributed by atoms with van der Waals surface area (Å²) in [6, 6.07) is 1.80. The highest BCUT2D eigenvalue weighted by Gasteiger charge is 2.29. The van der Waals surface area contributed by atoms with Gasteiger partial charge in [0.25, 0.3) is 0 Å². The summed E-state index contributed by atoms with van der Waals surface area (Å²) >= 11 is 1.64. The summed E-state index contributed by atoms with van der Waals surface area (Å²) in [5.74, 6) is 2.49. The van der Waals surface area contributed by atoms with Gasteiger partial charge < -0.3 is 16.0 Å². The number of nitrogens with one attached hydrogen (secondary N) is 1. The zero-order chi connectivity index (χ0) is 15.9. The van der Waals surface area contributed by atoms with Crippen LogP contribution in [0.25, 0.3) is 0 Å². The first-order valence-corrected chi connectivity index (χ1v) is 8.92. The lowest BCUT2D eigenvalue weighted by molar-refractivity contribution is -0.124. The van der Waals surface area contributed by atoms with Gasteiger partial charge in [0, 0.05) is 31.5 Å². The summed E-state index contributed by atoms with van der Waals surface area (Å²) in [6.45, 7) is 6.31. The lowest BCUT2D eigenvalue weighted by atomic mass is 10.1. The molecule has 1 atom stereocenters. The molecule has 0 aliphatic carbocycles. The quantitative estimate of drug-likeness (QED) is 0.453. The van der Waals surface area contributed by atoms with Crippen molar-refractivity contribution in [3.63, 3.8) is 0 Å². The van der Waals surface area contributed by atoms with Crippen LogP contribution >= 0.6 is 11.8 Å². The molecular formula is C15H25N5OS. The Kier molecular flexibility index (Phi) is 6.30. The summed E-state index contributed by atoms with van der Waals surface area (Å²) in [7, 11) is 0. The molecule has 0 radical (unpaired) electrons. The monoisotopic (exact) mass is 323 g/mol. The lowest BCUT2D eigenvalue weighted by Gasteiger charge is -2.18. The average Bonchev–Trinajstić information content (AvgIpc) is 2.97. The van der Waals surface area contributed by atoms with Crippen LogP contribution < -0.4 is 16.0 Å². The van der Waals surface area contributed by atoms with E-state index in [1.165, 1.54) is 0 Å². The van der Waals surface area contributed by atoms with E-state index in [9.17, 15) is 4.79 Å². The molecular weight excluding hydrogens is 298 g/mol. The Balaban J connectivity index is 2.01. The molecule has 2 heterocycles. The zero-order valence-electron chi connectivity index (χ0n) is 13.3. The molecule has 6 nitrogen and oxygen atoms in total. The average molecular weight is 323 g/mol. The van der Waals surface area contributed by atoms with E-state index in [0.29, 0.717) is 18.9 Å². The molecule has 1 saturated heterocycles. The Morgan fingerprint density at radius 1 is 1.50 bits per heavy atom. The van der Waals surface area contributed by atoms with E-state index < -0.39 is 0 Å². The molecule has 0 spiro atoms. The molecule has 1 aromatic heterocycles. The first kappa shape index (κ1) is 16.9. The highest BCUT2D eigenvalue weighted by Crippen LogP contribution is 2.26. The number of thioether (sulfide) groups is 1. The van der Waals surface area contributed by atoms with Crippen molar-refractivity contribution in [3.8, 4) is 0 Å². The highest BCUT2D eigenvalue weighted by molar-refractivity contribution is 7.99. The Morgan fingerprint density at radius 2 is 2.32 bits per heavy atom. The van der Waals surface area contributed by atoms with Gasteiger partial charge in [-0.3, -0.25) is 4.79 Å². The van der Waals surface area contributed by atoms with Crippen molar-refractivity contribution in [1.29, 1.82) is 0 Å². The number of nitrogens with zero attached hydrogens (tertiary/aromatic N) is 3. The van der Waals surface area contributed by atoms with E-state index in [4.69, 9.17) is 5.73 Å². The molecule has 0 saturated carbocycles. The number of amides is 1. The van der Waals surface area contributed by atoms with Gasteiger partial charge in [-0.25, -0.2) is 9.97 Å². The van der Waals surface area contributed by atoms with Gasteiger partial charge in [-0.1, -0.05) is 25.1 Å². The second-order valence-corrected chi connectivity index (χ2v) is 6.52. The second-order valence-electron chi connectivity index (χ2n) is 5.46. The molecule has 1 amide bonds. The summed E-state index contributed by atoms with van der Waals surface area (Å²) in [4.78, 5) is 22.9. The van der Waals surface area contributed by atoms with Gasteiger partial charge in [0.1, 0.15) is 11.6 Å². The van der Waals surface area contributed by atoms with E-state index in [1.807, 2.05) is 6.92 Å². The third kappa shape index (κ3) is 4.50. The first-order valence-electron chi connectivity index (χ1n) is 7.94. The predicted molar refractivity (Wildman–Crippen MR) is 91.1 cm³/mol. The SMILES string of the molecule is CCCCSc1nc(N)cc(N2CC[C@H](C(=O)NCC)C2)n1. The molecule has 7 heteroatoms. The molecule has 0 aromatic carbocycles. The molecule has 1 aliphatic heterocycles. The molecule has 122 valence electrons. The number of nitrogen functional groups attached to an aromatic ring is 1. The van der Waals surface area contributed by atoms with Crippen LogP contribution in [0.1, 0.15) is 33.1 Å². The molecule has 0 bridgehead atoms. The maximum atomic E-state index is 11.9. The molecule has 3 N–H and O–H groups in total. The van der Waals surface area contributed by atoms with Crippen molar-refractivity contribution in [3.05, 3.63) is 6.07 Å². The highest BCUT2D eigenvalue weighted by atomic mass is 32.2. The topological polar surface area (TPSA) is 84.1 Å². The number of anilines is 2. The van der Waals surface area contributed by atoms with E-state index in [2.05, 4.69) is 27.1 Å². The number of rotatable bonds is 7. The van der Waals surface area contributed by atoms with Crippen molar-refractivity contribution < 1.29 is 4.79 Å². The van der Waals surface area contributed by atoms with Crippen LogP contribution in [-0.4, -0.2) is 41.3 Å². The number of hydrogen-bond acceptors (Lipinski definition) is 6. The predicted octanol–water partition coefficient (Wildman–Crippen LogP) is 1.91. The van der Waals surface area contributed by atoms with E-state index in [0.717, 1.165) is 42.5 Å². The van der Waals surface area contributed by atoms with Crippen LogP contribution in [0.4, 0.5) is 11.6 Å².